The molecule has 7 heteroatoms. The van der Waals surface area contributed by atoms with E-state index >= 15 is 0 Å². The Morgan fingerprint density at radius 3 is 2.63 bits per heavy atom. The molecule has 0 aromatic rings. The maximum Gasteiger partial charge on any atom is 0.279 e. The molecule has 1 saturated heterocycles. The Morgan fingerprint density at radius 2 is 2.00 bits per heavy atom. The number of nitrogens with zero attached hydrogens (tertiary/aromatic N) is 2. The predicted octanol–water partition coefficient (Wildman–Crippen LogP) is -0.167. The van der Waals surface area contributed by atoms with Crippen molar-refractivity contribution >= 4 is 10.2 Å². The van der Waals surface area contributed by atoms with Gasteiger partial charge in [-0.3, -0.25) is 0 Å². The summed E-state index contributed by atoms with van der Waals surface area (Å²) in [6, 6.07) is 0. The van der Waals surface area contributed by atoms with Crippen LogP contribution in [0.2, 0.25) is 0 Å². The monoisotopic (exact) mass is 292 g/mol. The molecule has 1 heterocycles. The molecular formula is C12H28N4O2S. The van der Waals surface area contributed by atoms with E-state index in [9.17, 15) is 8.42 Å². The first-order chi connectivity index (χ1) is 8.99. The fourth-order valence-electron chi connectivity index (χ4n) is 2.21. The van der Waals surface area contributed by atoms with Gasteiger partial charge in [0.25, 0.3) is 10.2 Å². The van der Waals surface area contributed by atoms with Gasteiger partial charge in [-0.2, -0.15) is 12.7 Å². The smallest absolute Gasteiger partial charge is 0.279 e. The Morgan fingerprint density at radius 1 is 1.26 bits per heavy atom. The second kappa shape index (κ2) is 8.16. The third-order valence-corrected chi connectivity index (χ3v) is 5.01. The third kappa shape index (κ3) is 5.74. The van der Waals surface area contributed by atoms with Gasteiger partial charge in [-0.05, 0) is 31.8 Å². The van der Waals surface area contributed by atoms with Crippen LogP contribution in [0.3, 0.4) is 0 Å². The molecular weight excluding hydrogens is 264 g/mol. The second-order valence-corrected chi connectivity index (χ2v) is 7.05. The molecule has 3 N–H and O–H groups in total. The third-order valence-electron chi connectivity index (χ3n) is 3.39. The summed E-state index contributed by atoms with van der Waals surface area (Å²) in [4.78, 5) is 2.31. The highest BCUT2D eigenvalue weighted by atomic mass is 32.2. The lowest BCUT2D eigenvalue weighted by Gasteiger charge is -2.23. The van der Waals surface area contributed by atoms with Gasteiger partial charge in [-0.1, -0.05) is 13.8 Å². The van der Waals surface area contributed by atoms with Crippen LogP contribution in [-0.4, -0.2) is 63.4 Å². The van der Waals surface area contributed by atoms with Crippen molar-refractivity contribution in [2.75, 3.05) is 45.8 Å². The maximum absolute atomic E-state index is 12.1. The molecule has 114 valence electrons. The Labute approximate surface area is 117 Å². The predicted molar refractivity (Wildman–Crippen MR) is 78.1 cm³/mol. The Kier molecular flexibility index (Phi) is 7.23. The summed E-state index contributed by atoms with van der Waals surface area (Å²) in [7, 11) is -3.29. The van der Waals surface area contributed by atoms with Crippen molar-refractivity contribution in [3.8, 4) is 0 Å². The lowest BCUT2D eigenvalue weighted by Crippen LogP contribution is -2.43. The van der Waals surface area contributed by atoms with Crippen LogP contribution in [0.5, 0.6) is 0 Å². The van der Waals surface area contributed by atoms with Gasteiger partial charge in [0, 0.05) is 32.7 Å². The van der Waals surface area contributed by atoms with Crippen molar-refractivity contribution < 1.29 is 8.42 Å². The molecule has 0 aliphatic carbocycles. The Bertz CT molecular complexity index is 348. The van der Waals surface area contributed by atoms with Crippen LogP contribution < -0.4 is 10.5 Å². The van der Waals surface area contributed by atoms with Gasteiger partial charge >= 0.3 is 0 Å². The molecule has 0 aromatic heterocycles. The van der Waals surface area contributed by atoms with E-state index in [1.165, 1.54) is 0 Å². The standard InChI is InChI=1S/C12H28N4O2S/c1-3-5-14-19(17,18)16-7-4-6-15(8-9-16)11-12(2)10-13/h12,14H,3-11,13H2,1-2H3. The van der Waals surface area contributed by atoms with Gasteiger partial charge in [0.15, 0.2) is 0 Å². The lowest BCUT2D eigenvalue weighted by atomic mass is 10.1. The van der Waals surface area contributed by atoms with Crippen molar-refractivity contribution in [2.45, 2.75) is 26.7 Å². The highest BCUT2D eigenvalue weighted by Crippen LogP contribution is 2.08. The summed E-state index contributed by atoms with van der Waals surface area (Å²) >= 11 is 0. The molecule has 0 saturated carbocycles. The van der Waals surface area contributed by atoms with Crippen molar-refractivity contribution in [3.05, 3.63) is 0 Å². The van der Waals surface area contributed by atoms with Crippen molar-refractivity contribution in [1.29, 1.82) is 0 Å². The van der Waals surface area contributed by atoms with Gasteiger partial charge in [0.1, 0.15) is 0 Å². The van der Waals surface area contributed by atoms with Crippen LogP contribution in [-0.2, 0) is 10.2 Å². The normalized spacial score (nSPS) is 21.2. The largest absolute Gasteiger partial charge is 0.330 e. The fourth-order valence-corrected chi connectivity index (χ4v) is 3.54. The lowest BCUT2D eigenvalue weighted by molar-refractivity contribution is 0.250. The Balaban J connectivity index is 2.49. The number of nitrogens with two attached hydrogens (primary N) is 1. The summed E-state index contributed by atoms with van der Waals surface area (Å²) in [5.41, 5.74) is 5.64. The summed E-state index contributed by atoms with van der Waals surface area (Å²) in [5.74, 6) is 0.460. The number of nitrogens with one attached hydrogen (secondary N) is 1. The highest BCUT2D eigenvalue weighted by molar-refractivity contribution is 7.87. The van der Waals surface area contributed by atoms with Crippen LogP contribution in [0.25, 0.3) is 0 Å². The average Bonchev–Trinajstić information content (AvgIpc) is 2.62. The van der Waals surface area contributed by atoms with E-state index in [1.54, 1.807) is 4.31 Å². The molecule has 0 aromatic carbocycles. The molecule has 0 bridgehead atoms. The Hall–Kier alpha value is -0.210. The molecule has 0 amide bonds. The molecule has 1 aliphatic heterocycles. The number of rotatable bonds is 7. The molecule has 0 spiro atoms. The van der Waals surface area contributed by atoms with Crippen LogP contribution in [0.4, 0.5) is 0 Å². The van der Waals surface area contributed by atoms with E-state index in [1.807, 2.05) is 6.92 Å². The minimum Gasteiger partial charge on any atom is -0.330 e. The van der Waals surface area contributed by atoms with E-state index in [0.29, 0.717) is 32.1 Å². The first-order valence-corrected chi connectivity index (χ1v) is 8.60. The first-order valence-electron chi connectivity index (χ1n) is 7.16. The molecule has 1 fully saturated rings. The second-order valence-electron chi connectivity index (χ2n) is 5.29. The SMILES string of the molecule is CCCNS(=O)(=O)N1CCCN(CC(C)CN)CC1. The van der Waals surface area contributed by atoms with Crippen LogP contribution >= 0.6 is 0 Å². The molecule has 6 nitrogen and oxygen atoms in total. The zero-order valence-electron chi connectivity index (χ0n) is 12.1. The van der Waals surface area contributed by atoms with Crippen LogP contribution in [0.1, 0.15) is 26.7 Å². The van der Waals surface area contributed by atoms with Crippen molar-refractivity contribution in [2.24, 2.45) is 11.7 Å². The average molecular weight is 292 g/mol. The fraction of sp³-hybridized carbons (Fsp3) is 1.00. The first kappa shape index (κ1) is 16.8. The molecule has 0 radical (unpaired) electrons. The van der Waals surface area contributed by atoms with E-state index in [2.05, 4.69) is 16.5 Å². The molecule has 1 unspecified atom stereocenters. The summed E-state index contributed by atoms with van der Waals surface area (Å²) in [6.45, 7) is 9.13. The van der Waals surface area contributed by atoms with E-state index in [0.717, 1.165) is 32.5 Å². The van der Waals surface area contributed by atoms with Crippen LogP contribution in [0, 0.1) is 5.92 Å². The summed E-state index contributed by atoms with van der Waals surface area (Å²) in [5, 5.41) is 0. The van der Waals surface area contributed by atoms with E-state index in [-0.39, 0.29) is 0 Å². The quantitative estimate of drug-likeness (QED) is 0.683. The molecule has 1 aliphatic rings. The van der Waals surface area contributed by atoms with Gasteiger partial charge in [0.05, 0.1) is 0 Å². The zero-order chi connectivity index (χ0) is 14.3. The van der Waals surface area contributed by atoms with Gasteiger partial charge in [0.2, 0.25) is 0 Å². The zero-order valence-corrected chi connectivity index (χ0v) is 13.0. The van der Waals surface area contributed by atoms with Crippen molar-refractivity contribution in [1.82, 2.24) is 13.9 Å². The van der Waals surface area contributed by atoms with Crippen LogP contribution in [0.15, 0.2) is 0 Å². The highest BCUT2D eigenvalue weighted by Gasteiger charge is 2.24. The summed E-state index contributed by atoms with van der Waals surface area (Å²) in [6.07, 6.45) is 1.69. The minimum absolute atomic E-state index is 0.460. The number of hydrogen-bond acceptors (Lipinski definition) is 4. The number of hydrogen-bond donors (Lipinski definition) is 2. The maximum atomic E-state index is 12.1. The van der Waals surface area contributed by atoms with Gasteiger partial charge < -0.3 is 10.6 Å². The topological polar surface area (TPSA) is 78.7 Å². The van der Waals surface area contributed by atoms with Crippen molar-refractivity contribution in [3.63, 3.8) is 0 Å². The van der Waals surface area contributed by atoms with E-state index < -0.39 is 10.2 Å². The van der Waals surface area contributed by atoms with E-state index in [4.69, 9.17) is 5.73 Å². The van der Waals surface area contributed by atoms with Gasteiger partial charge in [-0.25, -0.2) is 4.72 Å². The summed E-state index contributed by atoms with van der Waals surface area (Å²) < 4.78 is 28.3. The minimum atomic E-state index is -3.29. The molecule has 1 rings (SSSR count). The molecule has 19 heavy (non-hydrogen) atoms. The molecule has 1 atom stereocenters. The van der Waals surface area contributed by atoms with Gasteiger partial charge in [-0.15, -0.1) is 0 Å².